The van der Waals surface area contributed by atoms with Crippen LogP contribution >= 0.6 is 0 Å². The summed E-state index contributed by atoms with van der Waals surface area (Å²) in [6, 6.07) is 0. The first-order valence-electron chi connectivity index (χ1n) is 3.97. The van der Waals surface area contributed by atoms with Gasteiger partial charge in [0.05, 0.1) is 0 Å². The Morgan fingerprint density at radius 3 is 0.941 bits per heavy atom. The second-order valence-electron chi connectivity index (χ2n) is 2.73. The van der Waals surface area contributed by atoms with Crippen LogP contribution in [0.1, 0.15) is 27.7 Å². The molecule has 0 spiro atoms. The van der Waals surface area contributed by atoms with Gasteiger partial charge in [0, 0.05) is 0 Å². The molecule has 4 N–H and O–H groups in total. The summed E-state index contributed by atoms with van der Waals surface area (Å²) in [5.74, 6) is -0.750. The minimum absolute atomic E-state index is 0. The van der Waals surface area contributed by atoms with Gasteiger partial charge >= 0.3 is 23.1 Å². The summed E-state index contributed by atoms with van der Waals surface area (Å²) in [7, 11) is 0. The third kappa shape index (κ3) is 51.4. The molecule has 0 aliphatic carbocycles. The van der Waals surface area contributed by atoms with Crippen LogP contribution in [0.15, 0.2) is 23.7 Å². The van der Waals surface area contributed by atoms with E-state index in [9.17, 15) is 19.8 Å². The van der Waals surface area contributed by atoms with Gasteiger partial charge in [0.25, 0.3) is 0 Å². The third-order valence-corrected chi connectivity index (χ3v) is 0.813. The van der Waals surface area contributed by atoms with Gasteiger partial charge in [-0.25, -0.2) is 0 Å². The number of hydrogen-bond donors (Lipinski definition) is 0. The van der Waals surface area contributed by atoms with Crippen molar-refractivity contribution < 1.29 is 30.8 Å². The molecule has 0 atom stereocenters. The Kier molecular flexibility index (Phi) is 30.7. The molecule has 0 aromatic carbocycles. The van der Waals surface area contributed by atoms with Crippen LogP contribution in [0.3, 0.4) is 0 Å². The quantitative estimate of drug-likeness (QED) is 0.310. The van der Waals surface area contributed by atoms with Crippen LogP contribution in [-0.2, 0) is 9.59 Å². The predicted octanol–water partition coefficient (Wildman–Crippen LogP) is -2.35. The van der Waals surface area contributed by atoms with E-state index < -0.39 is 0 Å². The molecule has 7 heteroatoms. The van der Waals surface area contributed by atoms with Gasteiger partial charge in [-0.15, -0.1) is 11.5 Å². The fraction of sp³-hybridized carbons (Fsp3) is 0.400. The maximum atomic E-state index is 9.98. The molecule has 0 aromatic rings. The van der Waals surface area contributed by atoms with Gasteiger partial charge in [-0.05, 0) is 26.0 Å². The van der Waals surface area contributed by atoms with Gasteiger partial charge in [0.1, 0.15) is 0 Å². The monoisotopic (exact) mass is 258 g/mol. The van der Waals surface area contributed by atoms with Crippen molar-refractivity contribution in [2.45, 2.75) is 27.7 Å². The summed E-state index contributed by atoms with van der Waals surface area (Å²) in [6.07, 6.45) is 2.11. The van der Waals surface area contributed by atoms with E-state index in [1.165, 1.54) is 27.7 Å². The van der Waals surface area contributed by atoms with Crippen molar-refractivity contribution in [1.29, 1.82) is 0 Å². The molecular formula is C10H18MgO6. The van der Waals surface area contributed by atoms with E-state index in [4.69, 9.17) is 0 Å². The summed E-state index contributed by atoms with van der Waals surface area (Å²) in [5, 5.41) is 20.0. The second kappa shape index (κ2) is 17.5. The van der Waals surface area contributed by atoms with Gasteiger partial charge in [0.2, 0.25) is 0 Å². The van der Waals surface area contributed by atoms with Crippen LogP contribution in [-0.4, -0.2) is 45.6 Å². The molecule has 0 amide bonds. The van der Waals surface area contributed by atoms with Gasteiger partial charge in [-0.3, -0.25) is 9.59 Å². The van der Waals surface area contributed by atoms with Crippen LogP contribution in [0, 0.1) is 0 Å². The molecule has 0 saturated heterocycles. The van der Waals surface area contributed by atoms with E-state index in [1.807, 2.05) is 0 Å². The molecular weight excluding hydrogens is 240 g/mol. The zero-order valence-corrected chi connectivity index (χ0v) is 11.9. The largest absolute Gasteiger partial charge is 2.00 e. The number of rotatable bonds is 2. The fourth-order valence-electron chi connectivity index (χ4n) is 0.572. The van der Waals surface area contributed by atoms with E-state index in [0.717, 1.165) is 12.2 Å². The Hall–Kier alpha value is -0.894. The van der Waals surface area contributed by atoms with Gasteiger partial charge in [0.15, 0.2) is 11.6 Å². The maximum absolute atomic E-state index is 9.98. The number of ketones is 2. The van der Waals surface area contributed by atoms with E-state index >= 15 is 0 Å². The van der Waals surface area contributed by atoms with Crippen molar-refractivity contribution in [1.82, 2.24) is 0 Å². The number of carbonyl (C=O) groups excluding carboxylic acids is 2. The summed E-state index contributed by atoms with van der Waals surface area (Å²) < 4.78 is 0. The average Bonchev–Trinajstić information content (AvgIpc) is 1.79. The van der Waals surface area contributed by atoms with Crippen LogP contribution in [0.2, 0.25) is 0 Å². The SMILES string of the molecule is CC(=O)C=C(C)[O-].CC(=O)C=C(C)[O-].O.O.[Mg+2]. The molecule has 6 nitrogen and oxygen atoms in total. The molecule has 0 rings (SSSR count). The van der Waals surface area contributed by atoms with Crippen molar-refractivity contribution in [3.05, 3.63) is 23.7 Å². The first kappa shape index (κ1) is 29.8. The zero-order chi connectivity index (χ0) is 11.7. The number of carbonyl (C=O) groups is 2. The second-order valence-corrected chi connectivity index (χ2v) is 2.73. The van der Waals surface area contributed by atoms with Crippen LogP contribution in [0.5, 0.6) is 0 Å². The van der Waals surface area contributed by atoms with E-state index in [0.29, 0.717) is 0 Å². The van der Waals surface area contributed by atoms with Crippen LogP contribution in [0.25, 0.3) is 0 Å². The Labute approximate surface area is 117 Å². The van der Waals surface area contributed by atoms with E-state index in [-0.39, 0.29) is 57.1 Å². The molecule has 0 saturated carbocycles. The summed E-state index contributed by atoms with van der Waals surface area (Å²) in [4.78, 5) is 20.0. The maximum Gasteiger partial charge on any atom is 2.00 e. The topological polar surface area (TPSA) is 143 Å². The Morgan fingerprint density at radius 1 is 0.765 bits per heavy atom. The van der Waals surface area contributed by atoms with Crippen molar-refractivity contribution >= 4 is 34.6 Å². The third-order valence-electron chi connectivity index (χ3n) is 0.813. The first-order chi connectivity index (χ1) is 6.25. The van der Waals surface area contributed by atoms with E-state index in [2.05, 4.69) is 0 Å². The number of allylic oxidation sites excluding steroid dienone is 4. The Bertz CT molecular complexity index is 234. The molecule has 0 fully saturated rings. The van der Waals surface area contributed by atoms with Crippen molar-refractivity contribution in [2.75, 3.05) is 0 Å². The van der Waals surface area contributed by atoms with Gasteiger partial charge in [-0.1, -0.05) is 13.8 Å². The molecule has 0 bridgehead atoms. The number of hydrogen-bond acceptors (Lipinski definition) is 4. The van der Waals surface area contributed by atoms with Gasteiger partial charge in [-0.2, -0.15) is 0 Å². The molecule has 17 heavy (non-hydrogen) atoms. The fourth-order valence-corrected chi connectivity index (χ4v) is 0.572. The van der Waals surface area contributed by atoms with Crippen molar-refractivity contribution in [3.63, 3.8) is 0 Å². The minimum atomic E-state index is -0.187. The van der Waals surface area contributed by atoms with Crippen molar-refractivity contribution in [3.8, 4) is 0 Å². The zero-order valence-electron chi connectivity index (χ0n) is 10.5. The average molecular weight is 259 g/mol. The van der Waals surface area contributed by atoms with E-state index in [1.54, 1.807) is 0 Å². The predicted molar refractivity (Wildman–Crippen MR) is 61.9 cm³/mol. The smallest absolute Gasteiger partial charge is 0.876 e. The van der Waals surface area contributed by atoms with Crippen LogP contribution < -0.4 is 10.2 Å². The molecule has 0 aliphatic heterocycles. The molecule has 0 aliphatic rings. The first-order valence-corrected chi connectivity index (χ1v) is 3.97. The summed E-state index contributed by atoms with van der Waals surface area (Å²) >= 11 is 0. The Balaban J connectivity index is -0.0000000480. The minimum Gasteiger partial charge on any atom is -0.876 e. The molecule has 0 aromatic heterocycles. The summed E-state index contributed by atoms with van der Waals surface area (Å²) in [5.41, 5.74) is 0. The summed E-state index contributed by atoms with van der Waals surface area (Å²) in [6.45, 7) is 5.39. The Morgan fingerprint density at radius 2 is 0.941 bits per heavy atom. The molecule has 96 valence electrons. The molecule has 0 radical (unpaired) electrons. The van der Waals surface area contributed by atoms with Crippen LogP contribution in [0.4, 0.5) is 0 Å². The van der Waals surface area contributed by atoms with Gasteiger partial charge < -0.3 is 21.2 Å². The normalized spacial score (nSPS) is 9.41. The molecule has 0 unspecified atom stereocenters. The molecule has 0 heterocycles. The van der Waals surface area contributed by atoms with Crippen molar-refractivity contribution in [2.24, 2.45) is 0 Å². The standard InChI is InChI=1S/2C5H8O2.Mg.2H2O/c2*1-4(6)3-5(2)7;;;/h2*3,6H,1-2H3;;2*1H2/q;;+2;;/p-2.